The molecule has 0 aliphatic heterocycles. The molecule has 12 heteroatoms. The van der Waals surface area contributed by atoms with E-state index in [1.54, 1.807) is 127 Å². The van der Waals surface area contributed by atoms with Crippen molar-refractivity contribution >= 4 is 33.7 Å². The van der Waals surface area contributed by atoms with Gasteiger partial charge >= 0.3 is 0 Å². The SMILES string of the molecule is Cc1ccc(C(=O)c2ccc(Oc3ccc(Oc4ccc(C(=O)c5ccc(Cc6ccc(-c7ccc(C)cc7SOOO)c(S(=O)(=O)O)c6)cc5)cc4)cc3)cc2)cc1. The molecule has 0 bridgehead atoms. The maximum absolute atomic E-state index is 13.3. The summed E-state index contributed by atoms with van der Waals surface area (Å²) in [5.41, 5.74) is 6.23. The molecule has 10 nitrogen and oxygen atoms in total. The van der Waals surface area contributed by atoms with Crippen molar-refractivity contribution < 1.29 is 46.7 Å². The Morgan fingerprint density at radius 2 is 0.932 bits per heavy atom. The van der Waals surface area contributed by atoms with Gasteiger partial charge in [0.25, 0.3) is 10.1 Å². The first-order chi connectivity index (χ1) is 28.4. The molecule has 0 saturated carbocycles. The predicted molar refractivity (Wildman–Crippen MR) is 224 cm³/mol. The summed E-state index contributed by atoms with van der Waals surface area (Å²) in [6.45, 7) is 3.82. The average Bonchev–Trinajstić information content (AvgIpc) is 3.24. The maximum atomic E-state index is 13.3. The molecule has 2 N–H and O–H groups in total. The Morgan fingerprint density at radius 1 is 0.525 bits per heavy atom. The Kier molecular flexibility index (Phi) is 12.5. The lowest BCUT2D eigenvalue weighted by Crippen LogP contribution is -2.04. The van der Waals surface area contributed by atoms with Crippen LogP contribution >= 0.6 is 12.0 Å². The van der Waals surface area contributed by atoms with Crippen LogP contribution < -0.4 is 9.47 Å². The summed E-state index contributed by atoms with van der Waals surface area (Å²) < 4.78 is 51.7. The van der Waals surface area contributed by atoms with E-state index in [4.69, 9.17) is 14.7 Å². The fraction of sp³-hybridized carbons (Fsp3) is 0.0638. The van der Waals surface area contributed by atoms with Crippen LogP contribution in [-0.2, 0) is 25.9 Å². The van der Waals surface area contributed by atoms with Crippen molar-refractivity contribution in [1.29, 1.82) is 0 Å². The quantitative estimate of drug-likeness (QED) is 0.0335. The normalized spacial score (nSPS) is 11.3. The summed E-state index contributed by atoms with van der Waals surface area (Å²) in [5, 5.41) is 12.4. The molecular weight excluding hydrogens is 789 g/mol. The lowest BCUT2D eigenvalue weighted by Gasteiger charge is -2.14. The number of ether oxygens (including phenoxy) is 2. The van der Waals surface area contributed by atoms with Gasteiger partial charge in [0.1, 0.15) is 27.9 Å². The van der Waals surface area contributed by atoms with Gasteiger partial charge in [-0.05, 0) is 127 Å². The van der Waals surface area contributed by atoms with Gasteiger partial charge in [0, 0.05) is 32.7 Å². The van der Waals surface area contributed by atoms with Gasteiger partial charge < -0.3 is 9.47 Å². The van der Waals surface area contributed by atoms with Crippen molar-refractivity contribution in [2.75, 3.05) is 0 Å². The zero-order chi connectivity index (χ0) is 41.5. The minimum absolute atomic E-state index is 0.0549. The monoisotopic (exact) mass is 824 g/mol. The smallest absolute Gasteiger partial charge is 0.295 e. The molecule has 7 aromatic carbocycles. The molecule has 0 fully saturated rings. The van der Waals surface area contributed by atoms with Crippen molar-refractivity contribution in [3.05, 3.63) is 202 Å². The van der Waals surface area contributed by atoms with Crippen LogP contribution in [0.3, 0.4) is 0 Å². The van der Waals surface area contributed by atoms with Gasteiger partial charge in [-0.3, -0.25) is 14.1 Å². The van der Waals surface area contributed by atoms with Gasteiger partial charge in [-0.1, -0.05) is 83.4 Å². The molecular formula is C47H36O10S2. The predicted octanol–water partition coefficient (Wildman–Crippen LogP) is 11.3. The summed E-state index contributed by atoms with van der Waals surface area (Å²) in [6.07, 6.45) is 0.331. The second-order valence-corrected chi connectivity index (χ2v) is 15.8. The van der Waals surface area contributed by atoms with Crippen LogP contribution in [0.5, 0.6) is 23.0 Å². The van der Waals surface area contributed by atoms with Crippen LogP contribution in [0.2, 0.25) is 0 Å². The largest absolute Gasteiger partial charge is 0.457 e. The van der Waals surface area contributed by atoms with Crippen molar-refractivity contribution in [1.82, 2.24) is 0 Å². The highest BCUT2D eigenvalue weighted by Gasteiger charge is 2.21. The summed E-state index contributed by atoms with van der Waals surface area (Å²) in [4.78, 5) is 26.3. The van der Waals surface area contributed by atoms with E-state index in [9.17, 15) is 22.6 Å². The number of ketones is 2. The third kappa shape index (κ3) is 10.2. The highest BCUT2D eigenvalue weighted by molar-refractivity contribution is 7.94. The second-order valence-electron chi connectivity index (χ2n) is 13.7. The van der Waals surface area contributed by atoms with Gasteiger partial charge in [0.15, 0.2) is 11.6 Å². The zero-order valence-electron chi connectivity index (χ0n) is 31.7. The van der Waals surface area contributed by atoms with Crippen LogP contribution in [-0.4, -0.2) is 29.8 Å². The Morgan fingerprint density at radius 3 is 1.41 bits per heavy atom. The number of carbonyl (C=O) groups is 2. The molecule has 7 aromatic rings. The molecule has 0 amide bonds. The number of benzene rings is 7. The fourth-order valence-corrected chi connectivity index (χ4v) is 7.69. The molecule has 0 radical (unpaired) electrons. The average molecular weight is 825 g/mol. The number of hydrogen-bond acceptors (Lipinski definition) is 10. The van der Waals surface area contributed by atoms with Crippen LogP contribution in [0.4, 0.5) is 0 Å². The summed E-state index contributed by atoms with van der Waals surface area (Å²) in [6, 6.07) is 45.3. The third-order valence-electron chi connectivity index (χ3n) is 9.37. The Labute approximate surface area is 345 Å². The molecule has 0 aliphatic rings. The topological polar surface area (TPSA) is 146 Å². The lowest BCUT2D eigenvalue weighted by molar-refractivity contribution is -0.432. The van der Waals surface area contributed by atoms with E-state index in [2.05, 4.69) is 9.37 Å². The van der Waals surface area contributed by atoms with Gasteiger partial charge in [-0.15, -0.1) is 4.33 Å². The molecule has 0 saturated heterocycles. The van der Waals surface area contributed by atoms with E-state index < -0.39 is 10.1 Å². The number of hydrogen-bond donors (Lipinski definition) is 2. The molecule has 59 heavy (non-hydrogen) atoms. The van der Waals surface area contributed by atoms with Crippen molar-refractivity contribution in [2.24, 2.45) is 0 Å². The first kappa shape index (κ1) is 40.8. The molecule has 0 aliphatic carbocycles. The first-order valence-electron chi connectivity index (χ1n) is 18.2. The number of carbonyl (C=O) groups excluding carboxylic acids is 2. The molecule has 0 spiro atoms. The molecule has 0 heterocycles. The van der Waals surface area contributed by atoms with Crippen molar-refractivity contribution in [3.8, 4) is 34.1 Å². The van der Waals surface area contributed by atoms with Gasteiger partial charge in [0.05, 0.1) is 12.0 Å². The van der Waals surface area contributed by atoms with Crippen molar-refractivity contribution in [3.63, 3.8) is 0 Å². The number of aryl methyl sites for hydroxylation is 2. The summed E-state index contributed by atoms with van der Waals surface area (Å²) in [7, 11) is -4.63. The maximum Gasteiger partial charge on any atom is 0.295 e. The Hall–Kier alpha value is -6.38. The van der Waals surface area contributed by atoms with Crippen LogP contribution in [0.15, 0.2) is 168 Å². The van der Waals surface area contributed by atoms with Crippen LogP contribution in [0, 0.1) is 13.8 Å². The summed E-state index contributed by atoms with van der Waals surface area (Å²) >= 11 is 0.693. The summed E-state index contributed by atoms with van der Waals surface area (Å²) in [5.74, 6) is 2.06. The van der Waals surface area contributed by atoms with Crippen LogP contribution in [0.25, 0.3) is 11.1 Å². The minimum atomic E-state index is -4.63. The third-order valence-corrected chi connectivity index (χ3v) is 10.9. The van der Waals surface area contributed by atoms with Crippen LogP contribution in [0.1, 0.15) is 54.1 Å². The van der Waals surface area contributed by atoms with E-state index in [1.165, 1.54) is 6.07 Å². The lowest BCUT2D eigenvalue weighted by atomic mass is 9.97. The van der Waals surface area contributed by atoms with Crippen molar-refractivity contribution in [2.45, 2.75) is 30.1 Å². The Balaban J connectivity index is 0.955. The van der Waals surface area contributed by atoms with Gasteiger partial charge in [0.2, 0.25) is 0 Å². The van der Waals surface area contributed by atoms with E-state index in [0.717, 1.165) is 16.7 Å². The fourth-order valence-electron chi connectivity index (χ4n) is 6.33. The highest BCUT2D eigenvalue weighted by Crippen LogP contribution is 2.37. The standard InChI is InChI=1S/C47H36O10S2/c1-30-3-9-34(10-4-30)46(48)36-13-17-38(18-14-36)54-40-21-23-41(24-22-40)55-39-19-15-37(16-20-39)47(49)35-11-6-32(7-12-35)28-33-8-26-43(45(29-33)59(51,52)53)42-25-5-31(2)27-44(42)58-57-56-50/h3-27,29,50H,28H2,1-2H3,(H,51,52,53). The van der Waals surface area contributed by atoms with E-state index in [0.29, 0.717) is 79.7 Å². The van der Waals surface area contributed by atoms with Gasteiger partial charge in [-0.2, -0.15) is 8.42 Å². The van der Waals surface area contributed by atoms with Gasteiger partial charge in [-0.25, -0.2) is 5.26 Å². The van der Waals surface area contributed by atoms with E-state index >= 15 is 0 Å². The minimum Gasteiger partial charge on any atom is -0.457 e. The number of rotatable bonds is 15. The zero-order valence-corrected chi connectivity index (χ0v) is 33.3. The first-order valence-corrected chi connectivity index (χ1v) is 20.4. The molecule has 296 valence electrons. The molecule has 0 aromatic heterocycles. The van der Waals surface area contributed by atoms with E-state index in [-0.39, 0.29) is 22.0 Å². The molecule has 7 rings (SSSR count). The second kappa shape index (κ2) is 18.0. The van der Waals surface area contributed by atoms with E-state index in [1.807, 2.05) is 38.1 Å². The molecule has 0 atom stereocenters. The highest BCUT2D eigenvalue weighted by atomic mass is 32.2. The Bertz CT molecular complexity index is 2710. The molecule has 0 unspecified atom stereocenters.